The monoisotopic (exact) mass is 290 g/mol. The van der Waals surface area contributed by atoms with Gasteiger partial charge >= 0.3 is 0 Å². The number of hydrogen-bond donors (Lipinski definition) is 1. The van der Waals surface area contributed by atoms with E-state index in [9.17, 15) is 8.78 Å². The average molecular weight is 290 g/mol. The predicted octanol–water partition coefficient (Wildman–Crippen LogP) is 3.09. The molecule has 1 aliphatic heterocycles. The Morgan fingerprint density at radius 3 is 2.86 bits per heavy atom. The molecule has 0 aliphatic carbocycles. The van der Waals surface area contributed by atoms with Crippen molar-refractivity contribution < 1.29 is 13.5 Å². The number of rotatable bonds is 4. The standard InChI is InChI=1S/C16H16F2N2O/c17-13-3-4-15(14(18)8-13)21-16(12-5-7-20-10-12)11-2-1-6-19-9-11/h1-4,6,8-9,12,16,20H,5,7,10H2/t12-,16+/m0/s1. The summed E-state index contributed by atoms with van der Waals surface area (Å²) in [5.74, 6) is -0.994. The summed E-state index contributed by atoms with van der Waals surface area (Å²) in [6.45, 7) is 1.72. The highest BCUT2D eigenvalue weighted by atomic mass is 19.1. The van der Waals surface area contributed by atoms with Crippen LogP contribution in [-0.4, -0.2) is 18.1 Å². The largest absolute Gasteiger partial charge is 0.482 e. The first kappa shape index (κ1) is 13.9. The van der Waals surface area contributed by atoms with Gasteiger partial charge < -0.3 is 10.1 Å². The molecule has 0 saturated carbocycles. The van der Waals surface area contributed by atoms with Gasteiger partial charge in [0.15, 0.2) is 11.6 Å². The second-order valence-electron chi connectivity index (χ2n) is 5.15. The smallest absolute Gasteiger partial charge is 0.168 e. The zero-order valence-electron chi connectivity index (χ0n) is 11.4. The van der Waals surface area contributed by atoms with Crippen molar-refractivity contribution in [3.05, 3.63) is 59.9 Å². The molecule has 2 aromatic rings. The van der Waals surface area contributed by atoms with Crippen LogP contribution >= 0.6 is 0 Å². The van der Waals surface area contributed by atoms with Crippen LogP contribution in [0.2, 0.25) is 0 Å². The normalized spacial score (nSPS) is 19.4. The van der Waals surface area contributed by atoms with Gasteiger partial charge in [-0.1, -0.05) is 6.07 Å². The van der Waals surface area contributed by atoms with Gasteiger partial charge in [-0.2, -0.15) is 0 Å². The number of benzene rings is 1. The number of nitrogens with zero attached hydrogens (tertiary/aromatic N) is 1. The van der Waals surface area contributed by atoms with Crippen LogP contribution in [0.25, 0.3) is 0 Å². The van der Waals surface area contributed by atoms with E-state index in [1.54, 1.807) is 12.4 Å². The first-order chi connectivity index (χ1) is 10.2. The lowest BCUT2D eigenvalue weighted by Gasteiger charge is -2.24. The Labute approximate surface area is 122 Å². The lowest BCUT2D eigenvalue weighted by atomic mass is 9.96. The molecule has 1 saturated heterocycles. The number of pyridine rings is 1. The SMILES string of the molecule is Fc1ccc(O[C@H](c2cccnc2)[C@H]2CCNC2)c(F)c1. The van der Waals surface area contributed by atoms with Crippen molar-refractivity contribution in [2.45, 2.75) is 12.5 Å². The van der Waals surface area contributed by atoms with Gasteiger partial charge in [0, 0.05) is 36.5 Å². The van der Waals surface area contributed by atoms with E-state index in [1.165, 1.54) is 12.1 Å². The van der Waals surface area contributed by atoms with Crippen LogP contribution in [-0.2, 0) is 0 Å². The molecule has 5 heteroatoms. The molecule has 0 unspecified atom stereocenters. The van der Waals surface area contributed by atoms with Crippen molar-refractivity contribution in [2.24, 2.45) is 5.92 Å². The third-order valence-corrected chi connectivity index (χ3v) is 3.69. The van der Waals surface area contributed by atoms with Crippen molar-refractivity contribution >= 4 is 0 Å². The second kappa shape index (κ2) is 6.18. The second-order valence-corrected chi connectivity index (χ2v) is 5.15. The number of hydrogen-bond acceptors (Lipinski definition) is 3. The molecule has 21 heavy (non-hydrogen) atoms. The summed E-state index contributed by atoms with van der Waals surface area (Å²) in [7, 11) is 0. The Balaban J connectivity index is 1.88. The van der Waals surface area contributed by atoms with E-state index >= 15 is 0 Å². The zero-order valence-corrected chi connectivity index (χ0v) is 11.4. The highest BCUT2D eigenvalue weighted by Crippen LogP contribution is 2.32. The maximum absolute atomic E-state index is 13.8. The molecule has 1 aliphatic rings. The predicted molar refractivity (Wildman–Crippen MR) is 74.9 cm³/mol. The number of halogens is 2. The lowest BCUT2D eigenvalue weighted by Crippen LogP contribution is -2.22. The minimum absolute atomic E-state index is 0.0668. The van der Waals surface area contributed by atoms with Gasteiger partial charge in [0.05, 0.1) is 0 Å². The maximum atomic E-state index is 13.8. The molecule has 1 aromatic carbocycles. The zero-order chi connectivity index (χ0) is 14.7. The van der Waals surface area contributed by atoms with E-state index in [0.29, 0.717) is 0 Å². The Hall–Kier alpha value is -2.01. The lowest BCUT2D eigenvalue weighted by molar-refractivity contribution is 0.137. The molecular formula is C16H16F2N2O. The summed E-state index contributed by atoms with van der Waals surface area (Å²) in [4.78, 5) is 4.10. The molecule has 1 N–H and O–H groups in total. The molecular weight excluding hydrogens is 274 g/mol. The van der Waals surface area contributed by atoms with Gasteiger partial charge in [-0.25, -0.2) is 8.78 Å². The van der Waals surface area contributed by atoms with Crippen LogP contribution in [0, 0.1) is 17.6 Å². The quantitative estimate of drug-likeness (QED) is 0.939. The van der Waals surface area contributed by atoms with Crippen molar-refractivity contribution in [1.82, 2.24) is 10.3 Å². The molecule has 0 radical (unpaired) electrons. The average Bonchev–Trinajstić information content (AvgIpc) is 3.01. The molecule has 3 rings (SSSR count). The Morgan fingerprint density at radius 2 is 2.19 bits per heavy atom. The van der Waals surface area contributed by atoms with Gasteiger partial charge in [0.2, 0.25) is 0 Å². The van der Waals surface area contributed by atoms with Crippen LogP contribution in [0.5, 0.6) is 5.75 Å². The number of nitrogens with one attached hydrogen (secondary N) is 1. The van der Waals surface area contributed by atoms with Gasteiger partial charge in [-0.05, 0) is 31.2 Å². The molecule has 2 heterocycles. The third kappa shape index (κ3) is 3.19. The van der Waals surface area contributed by atoms with Crippen molar-refractivity contribution in [2.75, 3.05) is 13.1 Å². The van der Waals surface area contributed by atoms with E-state index in [2.05, 4.69) is 10.3 Å². The first-order valence-electron chi connectivity index (χ1n) is 6.96. The van der Waals surface area contributed by atoms with Crippen LogP contribution < -0.4 is 10.1 Å². The first-order valence-corrected chi connectivity index (χ1v) is 6.96. The maximum Gasteiger partial charge on any atom is 0.168 e. The van der Waals surface area contributed by atoms with Gasteiger partial charge in [-0.3, -0.25) is 4.98 Å². The third-order valence-electron chi connectivity index (χ3n) is 3.69. The fraction of sp³-hybridized carbons (Fsp3) is 0.312. The Bertz CT molecular complexity index is 600. The Kier molecular flexibility index (Phi) is 4.10. The Morgan fingerprint density at radius 1 is 1.29 bits per heavy atom. The van der Waals surface area contributed by atoms with Crippen LogP contribution in [0.4, 0.5) is 8.78 Å². The molecule has 0 spiro atoms. The van der Waals surface area contributed by atoms with E-state index < -0.39 is 11.6 Å². The minimum atomic E-state index is -0.685. The van der Waals surface area contributed by atoms with E-state index in [4.69, 9.17) is 4.74 Å². The molecule has 1 fully saturated rings. The van der Waals surface area contributed by atoms with Crippen LogP contribution in [0.15, 0.2) is 42.7 Å². The van der Waals surface area contributed by atoms with E-state index in [1.807, 2.05) is 12.1 Å². The van der Waals surface area contributed by atoms with Gasteiger partial charge in [0.1, 0.15) is 11.9 Å². The summed E-state index contributed by atoms with van der Waals surface area (Å²) in [6, 6.07) is 7.11. The van der Waals surface area contributed by atoms with Crippen molar-refractivity contribution in [1.29, 1.82) is 0 Å². The fourth-order valence-electron chi connectivity index (χ4n) is 2.62. The van der Waals surface area contributed by atoms with Gasteiger partial charge in [-0.15, -0.1) is 0 Å². The molecule has 3 nitrogen and oxygen atoms in total. The molecule has 1 aromatic heterocycles. The van der Waals surface area contributed by atoms with E-state index in [-0.39, 0.29) is 17.8 Å². The van der Waals surface area contributed by atoms with Crippen LogP contribution in [0.3, 0.4) is 0 Å². The molecule has 110 valence electrons. The number of ether oxygens (including phenoxy) is 1. The van der Waals surface area contributed by atoms with Crippen LogP contribution in [0.1, 0.15) is 18.1 Å². The topological polar surface area (TPSA) is 34.1 Å². The highest BCUT2D eigenvalue weighted by molar-refractivity contribution is 5.26. The summed E-state index contributed by atoms with van der Waals surface area (Å²) < 4.78 is 32.7. The van der Waals surface area contributed by atoms with Crippen molar-refractivity contribution in [3.63, 3.8) is 0 Å². The molecule has 0 bridgehead atoms. The summed E-state index contributed by atoms with van der Waals surface area (Å²) >= 11 is 0. The highest BCUT2D eigenvalue weighted by Gasteiger charge is 2.29. The van der Waals surface area contributed by atoms with Gasteiger partial charge in [0.25, 0.3) is 0 Å². The number of aromatic nitrogens is 1. The molecule has 0 amide bonds. The van der Waals surface area contributed by atoms with Crippen molar-refractivity contribution in [3.8, 4) is 5.75 Å². The minimum Gasteiger partial charge on any atom is -0.482 e. The van der Waals surface area contributed by atoms with E-state index in [0.717, 1.165) is 31.1 Å². The summed E-state index contributed by atoms with van der Waals surface area (Å²) in [5, 5.41) is 3.28. The summed E-state index contributed by atoms with van der Waals surface area (Å²) in [6.07, 6.45) is 4.06. The molecule has 2 atom stereocenters. The fourth-order valence-corrected chi connectivity index (χ4v) is 2.62. The summed E-state index contributed by atoms with van der Waals surface area (Å²) in [5.41, 5.74) is 0.898.